The highest BCUT2D eigenvalue weighted by Gasteiger charge is 2.27. The van der Waals surface area contributed by atoms with E-state index in [0.717, 1.165) is 23.5 Å². The van der Waals surface area contributed by atoms with Crippen LogP contribution >= 0.6 is 0 Å². The van der Waals surface area contributed by atoms with Gasteiger partial charge in [0.2, 0.25) is 0 Å². The highest BCUT2D eigenvalue weighted by Crippen LogP contribution is 2.35. The Labute approximate surface area is 121 Å². The molecule has 3 heteroatoms. The predicted molar refractivity (Wildman–Crippen MR) is 84.9 cm³/mol. The van der Waals surface area contributed by atoms with Crippen molar-refractivity contribution < 1.29 is 4.79 Å². The number of carbonyl (C=O) groups excluding carboxylic acids is 1. The number of rotatable bonds is 4. The molecule has 0 bridgehead atoms. The van der Waals surface area contributed by atoms with Gasteiger partial charge in [-0.15, -0.1) is 0 Å². The van der Waals surface area contributed by atoms with Gasteiger partial charge in [-0.1, -0.05) is 26.0 Å². The quantitative estimate of drug-likeness (QED) is 0.863. The number of nitrogens with one attached hydrogen (secondary N) is 2. The van der Waals surface area contributed by atoms with E-state index in [2.05, 4.69) is 44.4 Å². The minimum absolute atomic E-state index is 0.0363. The standard InChI is InChI=1S/C17H24N2O/c1-12(2)18-15-7-5-6-8-16(15)19-13-9-14(20)11-17(3,4)10-13/h5-9,12,18-19H,10-11H2,1-4H3. The molecule has 0 amide bonds. The lowest BCUT2D eigenvalue weighted by molar-refractivity contribution is -0.117. The van der Waals surface area contributed by atoms with Crippen molar-refractivity contribution in [1.29, 1.82) is 0 Å². The van der Waals surface area contributed by atoms with E-state index < -0.39 is 0 Å². The first kappa shape index (κ1) is 14.6. The molecule has 0 radical (unpaired) electrons. The number of carbonyl (C=O) groups is 1. The van der Waals surface area contributed by atoms with Crippen molar-refractivity contribution in [2.45, 2.75) is 46.6 Å². The second-order valence-electron chi connectivity index (χ2n) is 6.62. The highest BCUT2D eigenvalue weighted by molar-refractivity contribution is 5.92. The first-order valence-electron chi connectivity index (χ1n) is 7.22. The van der Waals surface area contributed by atoms with Crippen molar-refractivity contribution in [3.8, 4) is 0 Å². The first-order chi connectivity index (χ1) is 9.35. The second kappa shape index (κ2) is 5.70. The monoisotopic (exact) mass is 272 g/mol. The zero-order chi connectivity index (χ0) is 14.8. The topological polar surface area (TPSA) is 41.1 Å². The van der Waals surface area contributed by atoms with Crippen LogP contribution in [-0.4, -0.2) is 11.8 Å². The van der Waals surface area contributed by atoms with Crippen LogP contribution < -0.4 is 10.6 Å². The molecule has 1 aromatic carbocycles. The Morgan fingerprint density at radius 1 is 1.10 bits per heavy atom. The average molecular weight is 272 g/mol. The van der Waals surface area contributed by atoms with Gasteiger partial charge >= 0.3 is 0 Å². The summed E-state index contributed by atoms with van der Waals surface area (Å²) >= 11 is 0. The minimum atomic E-state index is 0.0363. The van der Waals surface area contributed by atoms with Crippen LogP contribution in [0.25, 0.3) is 0 Å². The van der Waals surface area contributed by atoms with Crippen molar-refractivity contribution in [1.82, 2.24) is 0 Å². The van der Waals surface area contributed by atoms with Gasteiger partial charge in [0.15, 0.2) is 5.78 Å². The molecule has 0 heterocycles. The normalized spacial score (nSPS) is 17.9. The van der Waals surface area contributed by atoms with Crippen LogP contribution in [0.3, 0.4) is 0 Å². The summed E-state index contributed by atoms with van der Waals surface area (Å²) in [5, 5.41) is 6.84. The number of allylic oxidation sites excluding steroid dienone is 2. The van der Waals surface area contributed by atoms with Gasteiger partial charge in [-0.2, -0.15) is 0 Å². The van der Waals surface area contributed by atoms with E-state index >= 15 is 0 Å². The van der Waals surface area contributed by atoms with Crippen LogP contribution in [0.5, 0.6) is 0 Å². The van der Waals surface area contributed by atoms with Gasteiger partial charge in [-0.3, -0.25) is 4.79 Å². The van der Waals surface area contributed by atoms with Crippen molar-refractivity contribution in [2.24, 2.45) is 5.41 Å². The number of benzene rings is 1. The fourth-order valence-electron chi connectivity index (χ4n) is 2.63. The maximum atomic E-state index is 11.8. The van der Waals surface area contributed by atoms with E-state index in [1.165, 1.54) is 0 Å². The minimum Gasteiger partial charge on any atom is -0.381 e. The van der Waals surface area contributed by atoms with E-state index in [-0.39, 0.29) is 11.2 Å². The molecular weight excluding hydrogens is 248 g/mol. The summed E-state index contributed by atoms with van der Waals surface area (Å²) < 4.78 is 0. The van der Waals surface area contributed by atoms with Crippen LogP contribution in [0.1, 0.15) is 40.5 Å². The lowest BCUT2D eigenvalue weighted by Gasteiger charge is -2.29. The zero-order valence-electron chi connectivity index (χ0n) is 12.8. The Kier molecular flexibility index (Phi) is 4.17. The van der Waals surface area contributed by atoms with Gasteiger partial charge in [0.25, 0.3) is 0 Å². The van der Waals surface area contributed by atoms with Crippen LogP contribution in [-0.2, 0) is 4.79 Å². The lowest BCUT2D eigenvalue weighted by Crippen LogP contribution is -2.24. The summed E-state index contributed by atoms with van der Waals surface area (Å²) in [7, 11) is 0. The Hall–Kier alpha value is -1.77. The molecule has 108 valence electrons. The SMILES string of the molecule is CC(C)Nc1ccccc1NC1=CC(=O)CC(C)(C)C1. The molecule has 0 spiro atoms. The number of para-hydroxylation sites is 2. The van der Waals surface area contributed by atoms with Gasteiger partial charge in [-0.25, -0.2) is 0 Å². The van der Waals surface area contributed by atoms with Crippen LogP contribution in [0.2, 0.25) is 0 Å². The molecule has 3 nitrogen and oxygen atoms in total. The van der Waals surface area contributed by atoms with E-state index in [0.29, 0.717) is 12.5 Å². The number of hydrogen-bond donors (Lipinski definition) is 2. The smallest absolute Gasteiger partial charge is 0.157 e. The third-order valence-corrected chi connectivity index (χ3v) is 3.32. The van der Waals surface area contributed by atoms with E-state index in [4.69, 9.17) is 0 Å². The molecule has 0 unspecified atom stereocenters. The third-order valence-electron chi connectivity index (χ3n) is 3.32. The Bertz CT molecular complexity index is 530. The van der Waals surface area contributed by atoms with E-state index in [1.54, 1.807) is 6.08 Å². The summed E-state index contributed by atoms with van der Waals surface area (Å²) in [5.74, 6) is 0.207. The van der Waals surface area contributed by atoms with Crippen molar-refractivity contribution in [2.75, 3.05) is 10.6 Å². The summed E-state index contributed by atoms with van der Waals surface area (Å²) in [6.45, 7) is 8.50. The fraction of sp³-hybridized carbons (Fsp3) is 0.471. The van der Waals surface area contributed by atoms with Gasteiger partial charge in [0.1, 0.15) is 0 Å². The van der Waals surface area contributed by atoms with Gasteiger partial charge < -0.3 is 10.6 Å². The maximum absolute atomic E-state index is 11.8. The molecule has 0 atom stereocenters. The summed E-state index contributed by atoms with van der Waals surface area (Å²) in [5.41, 5.74) is 3.13. The number of anilines is 2. The van der Waals surface area contributed by atoms with Gasteiger partial charge in [0, 0.05) is 24.2 Å². The molecule has 2 rings (SSSR count). The Morgan fingerprint density at radius 3 is 2.35 bits per heavy atom. The van der Waals surface area contributed by atoms with Gasteiger partial charge in [0.05, 0.1) is 11.4 Å². The molecule has 0 fully saturated rings. The molecule has 1 aromatic rings. The molecule has 0 aromatic heterocycles. The summed E-state index contributed by atoms with van der Waals surface area (Å²) in [6.07, 6.45) is 3.27. The van der Waals surface area contributed by atoms with Crippen molar-refractivity contribution >= 4 is 17.2 Å². The van der Waals surface area contributed by atoms with Crippen molar-refractivity contribution in [3.63, 3.8) is 0 Å². The molecule has 20 heavy (non-hydrogen) atoms. The zero-order valence-corrected chi connectivity index (χ0v) is 12.8. The second-order valence-corrected chi connectivity index (χ2v) is 6.62. The lowest BCUT2D eigenvalue weighted by atomic mass is 9.79. The molecule has 0 aliphatic heterocycles. The van der Waals surface area contributed by atoms with Crippen LogP contribution in [0.4, 0.5) is 11.4 Å². The fourth-order valence-corrected chi connectivity index (χ4v) is 2.63. The molecule has 2 N–H and O–H groups in total. The van der Waals surface area contributed by atoms with Crippen LogP contribution in [0, 0.1) is 5.41 Å². The molecule has 1 aliphatic rings. The maximum Gasteiger partial charge on any atom is 0.157 e. The molecule has 1 aliphatic carbocycles. The highest BCUT2D eigenvalue weighted by atomic mass is 16.1. The number of hydrogen-bond acceptors (Lipinski definition) is 3. The van der Waals surface area contributed by atoms with E-state index in [1.807, 2.05) is 18.2 Å². The summed E-state index contributed by atoms with van der Waals surface area (Å²) in [6, 6.07) is 8.48. The van der Waals surface area contributed by atoms with Gasteiger partial charge in [-0.05, 0) is 37.8 Å². The third kappa shape index (κ3) is 3.86. The Balaban J connectivity index is 2.20. The first-order valence-corrected chi connectivity index (χ1v) is 7.22. The Morgan fingerprint density at radius 2 is 1.75 bits per heavy atom. The van der Waals surface area contributed by atoms with E-state index in [9.17, 15) is 4.79 Å². The average Bonchev–Trinajstić information content (AvgIpc) is 2.28. The molecule has 0 saturated heterocycles. The predicted octanol–water partition coefficient (Wildman–Crippen LogP) is 4.19. The van der Waals surface area contributed by atoms with Crippen LogP contribution in [0.15, 0.2) is 36.0 Å². The summed E-state index contributed by atoms with van der Waals surface area (Å²) in [4.78, 5) is 11.8. The molecule has 0 saturated carbocycles. The largest absolute Gasteiger partial charge is 0.381 e. The number of ketones is 1. The van der Waals surface area contributed by atoms with Crippen molar-refractivity contribution in [3.05, 3.63) is 36.0 Å². The molecular formula is C17H24N2O.